The molecule has 0 radical (unpaired) electrons. The number of aliphatic hydroxyl groups excluding tert-OH is 1. The van der Waals surface area contributed by atoms with E-state index in [0.717, 1.165) is 54.1 Å². The van der Waals surface area contributed by atoms with E-state index in [0.29, 0.717) is 13.2 Å². The number of hydrogen-bond donors (Lipinski definition) is 1. The summed E-state index contributed by atoms with van der Waals surface area (Å²) in [5, 5.41) is 10.1. The molecule has 8 heteroatoms. The van der Waals surface area contributed by atoms with Crippen LogP contribution in [0.4, 0.5) is 0 Å². The second-order valence-electron chi connectivity index (χ2n) is 9.80. The molecule has 2 saturated heterocycles. The van der Waals surface area contributed by atoms with Gasteiger partial charge >= 0.3 is 0 Å². The molecule has 8 nitrogen and oxygen atoms in total. The molecular weight excluding hydrogens is 496 g/mol. The molecule has 5 rings (SSSR count). The summed E-state index contributed by atoms with van der Waals surface area (Å²) < 4.78 is 30.6. The predicted molar refractivity (Wildman–Crippen MR) is 146 cm³/mol. The number of hydrogen-bond acceptors (Lipinski definition) is 7. The van der Waals surface area contributed by atoms with Crippen LogP contribution in [0.15, 0.2) is 60.9 Å². The highest BCUT2D eigenvalue weighted by molar-refractivity contribution is 5.65. The van der Waals surface area contributed by atoms with Gasteiger partial charge in [0.05, 0.1) is 19.8 Å². The van der Waals surface area contributed by atoms with Gasteiger partial charge in [0.2, 0.25) is 0 Å². The zero-order valence-electron chi connectivity index (χ0n) is 22.5. The number of rotatable bonds is 9. The molecule has 1 unspecified atom stereocenters. The van der Waals surface area contributed by atoms with Crippen molar-refractivity contribution in [1.82, 2.24) is 9.55 Å². The van der Waals surface area contributed by atoms with Gasteiger partial charge in [-0.15, -0.1) is 0 Å². The number of imidazole rings is 1. The first kappa shape index (κ1) is 27.4. The Morgan fingerprint density at radius 1 is 1.05 bits per heavy atom. The highest BCUT2D eigenvalue weighted by Gasteiger charge is 2.30. The van der Waals surface area contributed by atoms with Crippen LogP contribution in [-0.2, 0) is 18.9 Å². The summed E-state index contributed by atoms with van der Waals surface area (Å²) in [5.74, 6) is 7.91. The maximum Gasteiger partial charge on any atom is 0.158 e. The van der Waals surface area contributed by atoms with Crippen molar-refractivity contribution < 1.29 is 28.8 Å². The van der Waals surface area contributed by atoms with Gasteiger partial charge < -0.3 is 33.4 Å². The van der Waals surface area contributed by atoms with E-state index in [1.807, 2.05) is 66.2 Å². The largest absolute Gasteiger partial charge is 0.485 e. The minimum atomic E-state index is -0.434. The molecule has 2 aliphatic heterocycles. The fraction of sp³-hybridized carbons (Fsp3) is 0.452. The molecule has 0 aliphatic carbocycles. The van der Waals surface area contributed by atoms with E-state index in [-0.39, 0.29) is 31.2 Å². The summed E-state index contributed by atoms with van der Waals surface area (Å²) in [6.07, 6.45) is 5.96. The second-order valence-corrected chi connectivity index (χ2v) is 9.80. The monoisotopic (exact) mass is 532 g/mol. The number of aromatic nitrogens is 2. The number of nitrogens with zero attached hydrogens (tertiary/aromatic N) is 2. The zero-order valence-corrected chi connectivity index (χ0v) is 22.5. The minimum Gasteiger partial charge on any atom is -0.485 e. The van der Waals surface area contributed by atoms with Crippen LogP contribution < -0.4 is 4.74 Å². The van der Waals surface area contributed by atoms with Crippen LogP contribution in [0.1, 0.15) is 49.7 Å². The van der Waals surface area contributed by atoms with Crippen molar-refractivity contribution in [3.8, 4) is 28.7 Å². The highest BCUT2D eigenvalue weighted by atomic mass is 16.7. The normalized spacial score (nSPS) is 22.6. The van der Waals surface area contributed by atoms with Gasteiger partial charge in [0.15, 0.2) is 12.4 Å². The number of ether oxygens (including phenoxy) is 5. The first-order valence-corrected chi connectivity index (χ1v) is 13.5. The summed E-state index contributed by atoms with van der Waals surface area (Å²) in [7, 11) is 1.68. The topological polar surface area (TPSA) is 84.2 Å². The summed E-state index contributed by atoms with van der Waals surface area (Å²) in [6, 6.07) is 15.6. The molecular formula is C31H36N2O6. The first-order chi connectivity index (χ1) is 19.1. The van der Waals surface area contributed by atoms with E-state index in [2.05, 4.69) is 16.8 Å². The molecule has 0 saturated carbocycles. The van der Waals surface area contributed by atoms with Crippen LogP contribution in [0.3, 0.4) is 0 Å². The Morgan fingerprint density at radius 2 is 1.79 bits per heavy atom. The lowest BCUT2D eigenvalue weighted by molar-refractivity contribution is -0.188. The lowest BCUT2D eigenvalue weighted by Crippen LogP contribution is -2.31. The van der Waals surface area contributed by atoms with Gasteiger partial charge in [-0.25, -0.2) is 4.98 Å². The van der Waals surface area contributed by atoms with Gasteiger partial charge in [-0.2, -0.15) is 0 Å². The van der Waals surface area contributed by atoms with E-state index in [1.54, 1.807) is 13.3 Å². The van der Waals surface area contributed by atoms with Gasteiger partial charge in [-0.3, -0.25) is 0 Å². The standard InChI is InChI=1S/C31H36N2O6/c1-22(38-30-5-3-4-18-37-30)31-32-16-17-33(31)26(19-34)13-8-23-6-9-24(10-7-23)25-11-14-27(15-12-25)39-29-21-36-20-28(29)35-2/h6-7,9-12,14-17,22,26,28-30,34H,3-5,18-21H2,1-2H3/t22-,26-,28+,29+,30?/m0/s1. The number of aliphatic hydroxyl groups is 1. The Bertz CT molecular complexity index is 1240. The average molecular weight is 533 g/mol. The molecule has 3 heterocycles. The number of benzene rings is 2. The van der Waals surface area contributed by atoms with E-state index in [4.69, 9.17) is 23.7 Å². The SMILES string of the molecule is CO[C@@H]1COC[C@H]1Oc1ccc(-c2ccc(C#C[C@@H](CO)n3ccnc3[C@H](C)OC3CCCCO3)cc2)cc1. The molecule has 2 aliphatic rings. The Morgan fingerprint density at radius 3 is 2.49 bits per heavy atom. The van der Waals surface area contributed by atoms with Crippen LogP contribution in [0.5, 0.6) is 5.75 Å². The molecule has 39 heavy (non-hydrogen) atoms. The van der Waals surface area contributed by atoms with Gasteiger partial charge in [0.25, 0.3) is 0 Å². The quantitative estimate of drug-likeness (QED) is 0.405. The van der Waals surface area contributed by atoms with Crippen molar-refractivity contribution in [3.63, 3.8) is 0 Å². The molecule has 0 spiro atoms. The summed E-state index contributed by atoms with van der Waals surface area (Å²) >= 11 is 0. The van der Waals surface area contributed by atoms with Crippen LogP contribution in [-0.4, -0.2) is 66.7 Å². The predicted octanol–water partition coefficient (Wildman–Crippen LogP) is 4.53. The van der Waals surface area contributed by atoms with Crippen molar-refractivity contribution in [3.05, 3.63) is 72.3 Å². The van der Waals surface area contributed by atoms with E-state index < -0.39 is 6.04 Å². The molecule has 0 bridgehead atoms. The van der Waals surface area contributed by atoms with Gasteiger partial charge in [-0.1, -0.05) is 36.1 Å². The van der Waals surface area contributed by atoms with Crippen LogP contribution in [0, 0.1) is 11.8 Å². The molecule has 2 aromatic carbocycles. The molecule has 5 atom stereocenters. The number of methoxy groups -OCH3 is 1. The summed E-state index contributed by atoms with van der Waals surface area (Å²) in [5.41, 5.74) is 3.03. The van der Waals surface area contributed by atoms with Crippen molar-refractivity contribution in [2.45, 2.75) is 56.8 Å². The fourth-order valence-corrected chi connectivity index (χ4v) is 4.87. The van der Waals surface area contributed by atoms with Crippen molar-refractivity contribution in [2.24, 2.45) is 0 Å². The lowest BCUT2D eigenvalue weighted by atomic mass is 10.0. The van der Waals surface area contributed by atoms with E-state index in [1.165, 1.54) is 0 Å². The molecule has 0 amide bonds. The Hall–Kier alpha value is -3.19. The van der Waals surface area contributed by atoms with Crippen LogP contribution in [0.25, 0.3) is 11.1 Å². The van der Waals surface area contributed by atoms with Gasteiger partial charge in [-0.05, 0) is 61.6 Å². The summed E-state index contributed by atoms with van der Waals surface area (Å²) in [4.78, 5) is 4.48. The maximum absolute atomic E-state index is 10.1. The van der Waals surface area contributed by atoms with E-state index in [9.17, 15) is 5.11 Å². The zero-order chi connectivity index (χ0) is 27.0. The molecule has 3 aromatic rings. The fourth-order valence-electron chi connectivity index (χ4n) is 4.87. The maximum atomic E-state index is 10.1. The third-order valence-electron chi connectivity index (χ3n) is 7.09. The minimum absolute atomic E-state index is 0.0444. The second kappa shape index (κ2) is 13.2. The van der Waals surface area contributed by atoms with Crippen LogP contribution in [0.2, 0.25) is 0 Å². The summed E-state index contributed by atoms with van der Waals surface area (Å²) in [6.45, 7) is 3.63. The smallest absolute Gasteiger partial charge is 0.158 e. The van der Waals surface area contributed by atoms with E-state index >= 15 is 0 Å². The van der Waals surface area contributed by atoms with Crippen molar-refractivity contribution in [2.75, 3.05) is 33.5 Å². The molecule has 1 aromatic heterocycles. The molecule has 2 fully saturated rings. The third kappa shape index (κ3) is 6.88. The highest BCUT2D eigenvalue weighted by Crippen LogP contribution is 2.26. The molecule has 206 valence electrons. The molecule has 1 N–H and O–H groups in total. The van der Waals surface area contributed by atoms with Crippen molar-refractivity contribution >= 4 is 0 Å². The van der Waals surface area contributed by atoms with Crippen LogP contribution >= 0.6 is 0 Å². The first-order valence-electron chi connectivity index (χ1n) is 13.5. The Labute approximate surface area is 229 Å². The van der Waals surface area contributed by atoms with Gasteiger partial charge in [0.1, 0.15) is 29.8 Å². The Balaban J connectivity index is 1.22. The average Bonchev–Trinajstić information content (AvgIpc) is 3.65. The third-order valence-corrected chi connectivity index (χ3v) is 7.09. The van der Waals surface area contributed by atoms with Crippen molar-refractivity contribution in [1.29, 1.82) is 0 Å². The lowest BCUT2D eigenvalue weighted by Gasteiger charge is -2.26. The van der Waals surface area contributed by atoms with Gasteiger partial charge in [0, 0.05) is 31.7 Å². The Kier molecular flexibility index (Phi) is 9.30.